The maximum atomic E-state index is 12.3. The number of nitrogens with one attached hydrogen (secondary N) is 1. The van der Waals surface area contributed by atoms with E-state index in [0.717, 1.165) is 17.3 Å². The van der Waals surface area contributed by atoms with Crippen molar-refractivity contribution in [2.75, 3.05) is 24.4 Å². The second kappa shape index (κ2) is 6.62. The Morgan fingerprint density at radius 2 is 2.25 bits per heavy atom. The van der Waals surface area contributed by atoms with Crippen LogP contribution >= 0.6 is 27.5 Å². The first kappa shape index (κ1) is 16.0. The third-order valence-corrected chi connectivity index (χ3v) is 5.56. The molecule has 20 heavy (non-hydrogen) atoms. The van der Waals surface area contributed by atoms with E-state index in [9.17, 15) is 13.5 Å². The number of aliphatic hydroxyl groups is 1. The third kappa shape index (κ3) is 3.85. The number of rotatable bonds is 4. The van der Waals surface area contributed by atoms with Crippen molar-refractivity contribution < 1.29 is 13.5 Å². The van der Waals surface area contributed by atoms with Crippen molar-refractivity contribution in [3.63, 3.8) is 0 Å². The Bertz CT molecular complexity index is 582. The van der Waals surface area contributed by atoms with E-state index in [0.29, 0.717) is 23.8 Å². The van der Waals surface area contributed by atoms with Gasteiger partial charge in [-0.25, -0.2) is 0 Å². The number of hydrogen-bond acceptors (Lipinski definition) is 3. The van der Waals surface area contributed by atoms with E-state index < -0.39 is 10.2 Å². The molecule has 1 atom stereocenters. The number of anilines is 1. The van der Waals surface area contributed by atoms with Crippen LogP contribution in [-0.4, -0.2) is 37.5 Å². The SMILES string of the molecule is O=S(=O)(Nc1cc(Br)ccc1Cl)N1CCCC(CO)C1. The highest BCUT2D eigenvalue weighted by molar-refractivity contribution is 9.10. The summed E-state index contributed by atoms with van der Waals surface area (Å²) in [6, 6.07) is 4.98. The largest absolute Gasteiger partial charge is 0.396 e. The van der Waals surface area contributed by atoms with Crippen LogP contribution in [0.1, 0.15) is 12.8 Å². The predicted octanol–water partition coefficient (Wildman–Crippen LogP) is 2.46. The van der Waals surface area contributed by atoms with E-state index in [1.54, 1.807) is 18.2 Å². The third-order valence-electron chi connectivity index (χ3n) is 3.25. The van der Waals surface area contributed by atoms with Gasteiger partial charge in [-0.05, 0) is 37.0 Å². The molecule has 1 heterocycles. The number of nitrogens with zero attached hydrogens (tertiary/aromatic N) is 1. The molecule has 1 aromatic rings. The average molecular weight is 384 g/mol. The lowest BCUT2D eigenvalue weighted by molar-refractivity contribution is 0.166. The molecule has 2 N–H and O–H groups in total. The maximum Gasteiger partial charge on any atom is 0.301 e. The van der Waals surface area contributed by atoms with E-state index in [2.05, 4.69) is 20.7 Å². The topological polar surface area (TPSA) is 69.6 Å². The van der Waals surface area contributed by atoms with Crippen molar-refractivity contribution >= 4 is 43.4 Å². The normalized spacial score (nSPS) is 20.9. The lowest BCUT2D eigenvalue weighted by Gasteiger charge is -2.31. The molecule has 8 heteroatoms. The molecule has 5 nitrogen and oxygen atoms in total. The summed E-state index contributed by atoms with van der Waals surface area (Å²) in [6.45, 7) is 0.790. The lowest BCUT2D eigenvalue weighted by Crippen LogP contribution is -2.43. The van der Waals surface area contributed by atoms with Crippen LogP contribution in [0.5, 0.6) is 0 Å². The van der Waals surface area contributed by atoms with Gasteiger partial charge in [0.05, 0.1) is 10.7 Å². The van der Waals surface area contributed by atoms with Crippen LogP contribution in [0.2, 0.25) is 5.02 Å². The zero-order valence-electron chi connectivity index (χ0n) is 10.7. The van der Waals surface area contributed by atoms with E-state index in [1.165, 1.54) is 4.31 Å². The Morgan fingerprint density at radius 3 is 2.95 bits per heavy atom. The molecule has 1 unspecified atom stereocenters. The van der Waals surface area contributed by atoms with Crippen molar-refractivity contribution in [3.8, 4) is 0 Å². The second-order valence-corrected chi connectivity index (χ2v) is 7.77. The minimum Gasteiger partial charge on any atom is -0.396 e. The van der Waals surface area contributed by atoms with Crippen molar-refractivity contribution in [1.29, 1.82) is 0 Å². The fraction of sp³-hybridized carbons (Fsp3) is 0.500. The van der Waals surface area contributed by atoms with Gasteiger partial charge in [0.25, 0.3) is 0 Å². The van der Waals surface area contributed by atoms with Gasteiger partial charge in [0, 0.05) is 24.2 Å². The monoisotopic (exact) mass is 382 g/mol. The molecule has 0 radical (unpaired) electrons. The van der Waals surface area contributed by atoms with Crippen LogP contribution in [0.15, 0.2) is 22.7 Å². The zero-order chi connectivity index (χ0) is 14.8. The van der Waals surface area contributed by atoms with Gasteiger partial charge in [0.15, 0.2) is 0 Å². The van der Waals surface area contributed by atoms with Gasteiger partial charge < -0.3 is 5.11 Å². The molecule has 0 bridgehead atoms. The van der Waals surface area contributed by atoms with Crippen LogP contribution in [0, 0.1) is 5.92 Å². The van der Waals surface area contributed by atoms with Crippen molar-refractivity contribution in [2.24, 2.45) is 5.92 Å². The summed E-state index contributed by atoms with van der Waals surface area (Å²) < 4.78 is 29.3. The molecule has 112 valence electrons. The molecule has 1 fully saturated rings. The fourth-order valence-electron chi connectivity index (χ4n) is 2.17. The molecular formula is C12H16BrClN2O3S. The minimum absolute atomic E-state index is 0.00157. The van der Waals surface area contributed by atoms with Crippen LogP contribution in [-0.2, 0) is 10.2 Å². The Balaban J connectivity index is 2.16. The molecule has 1 aliphatic heterocycles. The number of halogens is 2. The lowest BCUT2D eigenvalue weighted by atomic mass is 10.0. The van der Waals surface area contributed by atoms with E-state index in [-0.39, 0.29) is 12.5 Å². The summed E-state index contributed by atoms with van der Waals surface area (Å²) in [6.07, 6.45) is 1.60. The van der Waals surface area contributed by atoms with Crippen LogP contribution < -0.4 is 4.72 Å². The number of aliphatic hydroxyl groups excluding tert-OH is 1. The van der Waals surface area contributed by atoms with Gasteiger partial charge in [-0.15, -0.1) is 0 Å². The molecule has 1 aliphatic rings. The first-order chi connectivity index (χ1) is 9.42. The van der Waals surface area contributed by atoms with Crippen molar-refractivity contribution in [3.05, 3.63) is 27.7 Å². The standard InChI is InChI=1S/C12H16BrClN2O3S/c13-10-3-4-11(14)12(6-10)15-20(18,19)16-5-1-2-9(7-16)8-17/h3-4,6,9,15,17H,1-2,5,7-8H2. The van der Waals surface area contributed by atoms with Gasteiger partial charge in [-0.3, -0.25) is 4.72 Å². The van der Waals surface area contributed by atoms with E-state index in [4.69, 9.17) is 11.6 Å². The Hall–Kier alpha value is -0.340. The molecule has 0 aromatic heterocycles. The van der Waals surface area contributed by atoms with Crippen LogP contribution in [0.4, 0.5) is 5.69 Å². The van der Waals surface area contributed by atoms with Gasteiger partial charge in [0.2, 0.25) is 0 Å². The Morgan fingerprint density at radius 1 is 1.50 bits per heavy atom. The molecule has 1 aromatic carbocycles. The highest BCUT2D eigenvalue weighted by Crippen LogP contribution is 2.28. The molecule has 0 saturated carbocycles. The first-order valence-electron chi connectivity index (χ1n) is 6.26. The van der Waals surface area contributed by atoms with Crippen LogP contribution in [0.3, 0.4) is 0 Å². The molecule has 0 spiro atoms. The van der Waals surface area contributed by atoms with Crippen LogP contribution in [0.25, 0.3) is 0 Å². The molecule has 2 rings (SSSR count). The summed E-state index contributed by atoms with van der Waals surface area (Å²) in [5, 5.41) is 9.52. The molecule has 0 amide bonds. The zero-order valence-corrected chi connectivity index (χ0v) is 13.9. The molecular weight excluding hydrogens is 368 g/mol. The van der Waals surface area contributed by atoms with Gasteiger partial charge >= 0.3 is 10.2 Å². The highest BCUT2D eigenvalue weighted by Gasteiger charge is 2.28. The number of benzene rings is 1. The number of piperidine rings is 1. The number of hydrogen-bond donors (Lipinski definition) is 2. The Kier molecular flexibility index (Phi) is 5.30. The summed E-state index contributed by atoms with van der Waals surface area (Å²) in [5.74, 6) is -0.00157. The van der Waals surface area contributed by atoms with Gasteiger partial charge in [-0.1, -0.05) is 27.5 Å². The predicted molar refractivity (Wildman–Crippen MR) is 83.1 cm³/mol. The fourth-order valence-corrected chi connectivity index (χ4v) is 4.11. The van der Waals surface area contributed by atoms with Crippen molar-refractivity contribution in [2.45, 2.75) is 12.8 Å². The summed E-state index contributed by atoms with van der Waals surface area (Å²) in [7, 11) is -3.65. The van der Waals surface area contributed by atoms with Crippen molar-refractivity contribution in [1.82, 2.24) is 4.31 Å². The average Bonchev–Trinajstić information content (AvgIpc) is 2.43. The molecule has 1 saturated heterocycles. The van der Waals surface area contributed by atoms with Gasteiger partial charge in [0.1, 0.15) is 0 Å². The smallest absolute Gasteiger partial charge is 0.301 e. The summed E-state index contributed by atoms with van der Waals surface area (Å²) in [5.41, 5.74) is 0.340. The van der Waals surface area contributed by atoms with Gasteiger partial charge in [-0.2, -0.15) is 12.7 Å². The van der Waals surface area contributed by atoms with E-state index >= 15 is 0 Å². The van der Waals surface area contributed by atoms with E-state index in [1.807, 2.05) is 0 Å². The Labute approximate surface area is 132 Å². The molecule has 0 aliphatic carbocycles. The maximum absolute atomic E-state index is 12.3. The quantitative estimate of drug-likeness (QED) is 0.839. The summed E-state index contributed by atoms with van der Waals surface area (Å²) >= 11 is 9.27. The first-order valence-corrected chi connectivity index (χ1v) is 8.87. The minimum atomic E-state index is -3.65. The highest BCUT2D eigenvalue weighted by atomic mass is 79.9. The second-order valence-electron chi connectivity index (χ2n) is 4.78. The summed E-state index contributed by atoms with van der Waals surface area (Å²) in [4.78, 5) is 0.